The first-order chi connectivity index (χ1) is 12.2. The van der Waals surface area contributed by atoms with Gasteiger partial charge in [0.25, 0.3) is 0 Å². The number of hydrogen-bond donors (Lipinski definition) is 1. The van der Waals surface area contributed by atoms with Crippen LogP contribution in [0, 0.1) is 0 Å². The number of aromatic nitrogens is 1. The van der Waals surface area contributed by atoms with E-state index in [9.17, 15) is 5.11 Å². The highest BCUT2D eigenvalue weighted by Gasteiger charge is 2.25. The molecule has 130 valence electrons. The van der Waals surface area contributed by atoms with E-state index in [4.69, 9.17) is 16.6 Å². The molecule has 0 unspecified atom stereocenters. The molecule has 3 aromatic rings. The molecule has 1 aliphatic heterocycles. The quantitative estimate of drug-likeness (QED) is 0.710. The molecule has 0 saturated carbocycles. The van der Waals surface area contributed by atoms with Gasteiger partial charge in [-0.2, -0.15) is 0 Å². The molecule has 25 heavy (non-hydrogen) atoms. The van der Waals surface area contributed by atoms with Crippen LogP contribution in [0.5, 0.6) is 0 Å². The largest absolute Gasteiger partial charge is 0.387 e. The molecular weight excluding hydrogens is 352 g/mol. The molecule has 2 heterocycles. The van der Waals surface area contributed by atoms with E-state index in [2.05, 4.69) is 23.1 Å². The number of thiazole rings is 1. The fraction of sp³-hybridized carbons (Fsp3) is 0.350. The zero-order valence-electron chi connectivity index (χ0n) is 13.9. The van der Waals surface area contributed by atoms with Gasteiger partial charge in [-0.15, -0.1) is 11.3 Å². The summed E-state index contributed by atoms with van der Waals surface area (Å²) in [7, 11) is 0. The highest BCUT2D eigenvalue weighted by molar-refractivity contribution is 7.18. The van der Waals surface area contributed by atoms with Crippen LogP contribution in [0.1, 0.15) is 35.4 Å². The van der Waals surface area contributed by atoms with Gasteiger partial charge in [0.2, 0.25) is 0 Å². The molecule has 3 nitrogen and oxygen atoms in total. The van der Waals surface area contributed by atoms with Crippen molar-refractivity contribution < 1.29 is 5.11 Å². The molecule has 2 atom stereocenters. The molecule has 5 heteroatoms. The van der Waals surface area contributed by atoms with E-state index in [-0.39, 0.29) is 0 Å². The maximum Gasteiger partial charge on any atom is 0.0982 e. The molecule has 1 N–H and O–H groups in total. The summed E-state index contributed by atoms with van der Waals surface area (Å²) in [5.74, 6) is 0.462. The molecule has 1 aliphatic rings. The Morgan fingerprint density at radius 2 is 2.00 bits per heavy atom. The monoisotopic (exact) mass is 372 g/mol. The van der Waals surface area contributed by atoms with Gasteiger partial charge in [-0.3, -0.25) is 4.90 Å². The lowest BCUT2D eigenvalue weighted by molar-refractivity contribution is 0.0955. The molecule has 4 rings (SSSR count). The van der Waals surface area contributed by atoms with Crippen molar-refractivity contribution >= 4 is 33.2 Å². The first-order valence-corrected chi connectivity index (χ1v) is 9.90. The number of halogens is 1. The zero-order valence-corrected chi connectivity index (χ0v) is 15.5. The maximum absolute atomic E-state index is 10.5. The Hall–Kier alpha value is -1.46. The van der Waals surface area contributed by atoms with E-state index in [1.165, 1.54) is 16.1 Å². The summed E-state index contributed by atoms with van der Waals surface area (Å²) in [6.45, 7) is 2.65. The van der Waals surface area contributed by atoms with Gasteiger partial charge < -0.3 is 5.11 Å². The summed E-state index contributed by atoms with van der Waals surface area (Å²) in [6.07, 6.45) is 1.84. The lowest BCUT2D eigenvalue weighted by atomic mass is 9.98. The number of piperidine rings is 1. The van der Waals surface area contributed by atoms with Crippen LogP contribution < -0.4 is 0 Å². The van der Waals surface area contributed by atoms with Crippen LogP contribution in [-0.4, -0.2) is 34.6 Å². The van der Waals surface area contributed by atoms with E-state index in [1.54, 1.807) is 0 Å². The average Bonchev–Trinajstić information content (AvgIpc) is 3.07. The van der Waals surface area contributed by atoms with Crippen molar-refractivity contribution in [3.05, 3.63) is 64.1 Å². The minimum Gasteiger partial charge on any atom is -0.387 e. The van der Waals surface area contributed by atoms with Crippen molar-refractivity contribution in [2.24, 2.45) is 0 Å². The molecule has 0 bridgehead atoms. The van der Waals surface area contributed by atoms with Crippen molar-refractivity contribution in [2.75, 3.05) is 19.6 Å². The van der Waals surface area contributed by atoms with Gasteiger partial charge in [-0.25, -0.2) is 4.98 Å². The number of fused-ring (bicyclic) bond motifs is 1. The number of benzene rings is 2. The number of aliphatic hydroxyl groups is 1. The van der Waals surface area contributed by atoms with Gasteiger partial charge in [0.15, 0.2) is 0 Å². The Morgan fingerprint density at radius 3 is 2.80 bits per heavy atom. The molecule has 0 spiro atoms. The van der Waals surface area contributed by atoms with Crippen LogP contribution >= 0.6 is 22.9 Å². The predicted octanol–water partition coefficient (Wildman–Crippen LogP) is 4.86. The van der Waals surface area contributed by atoms with E-state index in [0.717, 1.165) is 30.6 Å². The van der Waals surface area contributed by atoms with Crippen LogP contribution in [-0.2, 0) is 0 Å². The molecule has 2 aromatic carbocycles. The molecule has 0 amide bonds. The first-order valence-electron chi connectivity index (χ1n) is 8.70. The van der Waals surface area contributed by atoms with Crippen LogP contribution in [0.25, 0.3) is 10.2 Å². The van der Waals surface area contributed by atoms with Crippen LogP contribution in [0.2, 0.25) is 5.02 Å². The molecule has 1 saturated heterocycles. The second-order valence-electron chi connectivity index (χ2n) is 6.69. The number of β-amino-alcohol motifs (C(OH)–C–C–N with tert-alkyl or cyclic N) is 1. The minimum atomic E-state index is -0.480. The van der Waals surface area contributed by atoms with Gasteiger partial charge in [0, 0.05) is 24.0 Å². The second kappa shape index (κ2) is 7.42. The second-order valence-corrected chi connectivity index (χ2v) is 8.18. The van der Waals surface area contributed by atoms with Crippen molar-refractivity contribution in [3.8, 4) is 0 Å². The Kier molecular flexibility index (Phi) is 5.04. The summed E-state index contributed by atoms with van der Waals surface area (Å²) >= 11 is 7.74. The standard InChI is InChI=1S/C20H21ClN2OS/c21-16-9-7-14(8-10-16)18(24)13-23-11-3-4-15(12-23)20-22-17-5-1-2-6-19(17)25-20/h1-2,5-10,15,18,24H,3-4,11-13H2/t15-,18-/m0/s1. The van der Waals surface area contributed by atoms with E-state index in [1.807, 2.05) is 41.7 Å². The summed E-state index contributed by atoms with van der Waals surface area (Å²) in [6, 6.07) is 15.8. The van der Waals surface area contributed by atoms with Gasteiger partial charge in [0.05, 0.1) is 21.3 Å². The van der Waals surface area contributed by atoms with Crippen molar-refractivity contribution in [2.45, 2.75) is 24.9 Å². The third kappa shape index (κ3) is 3.87. The summed E-state index contributed by atoms with van der Waals surface area (Å²) < 4.78 is 1.26. The molecule has 1 aromatic heterocycles. The predicted molar refractivity (Wildman–Crippen MR) is 104 cm³/mol. The lowest BCUT2D eigenvalue weighted by Crippen LogP contribution is -2.37. The van der Waals surface area contributed by atoms with E-state index in [0.29, 0.717) is 17.5 Å². The van der Waals surface area contributed by atoms with E-state index < -0.39 is 6.10 Å². The average molecular weight is 373 g/mol. The zero-order chi connectivity index (χ0) is 17.2. The number of rotatable bonds is 4. The fourth-order valence-corrected chi connectivity index (χ4v) is 4.74. The first kappa shape index (κ1) is 17.0. The summed E-state index contributed by atoms with van der Waals surface area (Å²) in [4.78, 5) is 7.19. The lowest BCUT2D eigenvalue weighted by Gasteiger charge is -2.33. The van der Waals surface area contributed by atoms with Crippen molar-refractivity contribution in [3.63, 3.8) is 0 Å². The summed E-state index contributed by atoms with van der Waals surface area (Å²) in [5.41, 5.74) is 2.02. The number of para-hydroxylation sites is 1. The Labute approximate surface area is 156 Å². The van der Waals surface area contributed by atoms with Crippen LogP contribution in [0.3, 0.4) is 0 Å². The maximum atomic E-state index is 10.5. The van der Waals surface area contributed by atoms with Gasteiger partial charge in [-0.1, -0.05) is 35.9 Å². The molecule has 0 aliphatic carbocycles. The smallest absolute Gasteiger partial charge is 0.0982 e. The number of hydrogen-bond acceptors (Lipinski definition) is 4. The Morgan fingerprint density at radius 1 is 1.20 bits per heavy atom. The van der Waals surface area contributed by atoms with Crippen molar-refractivity contribution in [1.82, 2.24) is 9.88 Å². The van der Waals surface area contributed by atoms with Crippen LogP contribution in [0.15, 0.2) is 48.5 Å². The normalized spacial score (nSPS) is 20.0. The third-order valence-corrected chi connectivity index (χ3v) is 6.30. The number of aliphatic hydroxyl groups excluding tert-OH is 1. The number of likely N-dealkylation sites (tertiary alicyclic amines) is 1. The Bertz CT molecular complexity index is 815. The highest BCUT2D eigenvalue weighted by Crippen LogP contribution is 2.33. The fourth-order valence-electron chi connectivity index (χ4n) is 3.52. The SMILES string of the molecule is O[C@@H](CN1CCC[C@H](c2nc3ccccc3s2)C1)c1ccc(Cl)cc1. The van der Waals surface area contributed by atoms with Gasteiger partial charge in [0.1, 0.15) is 0 Å². The topological polar surface area (TPSA) is 36.4 Å². The number of nitrogens with zero attached hydrogens (tertiary/aromatic N) is 2. The third-order valence-electron chi connectivity index (χ3n) is 4.85. The van der Waals surface area contributed by atoms with Gasteiger partial charge in [-0.05, 0) is 49.2 Å². The molecule has 0 radical (unpaired) electrons. The Balaban J connectivity index is 1.44. The summed E-state index contributed by atoms with van der Waals surface area (Å²) in [5, 5.41) is 12.5. The van der Waals surface area contributed by atoms with Crippen LogP contribution in [0.4, 0.5) is 0 Å². The van der Waals surface area contributed by atoms with Crippen molar-refractivity contribution in [1.29, 1.82) is 0 Å². The van der Waals surface area contributed by atoms with Gasteiger partial charge >= 0.3 is 0 Å². The minimum absolute atomic E-state index is 0.462. The molecular formula is C20H21ClN2OS. The highest BCUT2D eigenvalue weighted by atomic mass is 35.5. The van der Waals surface area contributed by atoms with E-state index >= 15 is 0 Å². The molecule has 1 fully saturated rings.